The number of nitrogens with zero attached hydrogens (tertiary/aromatic N) is 1. The molecule has 0 aliphatic heterocycles. The van der Waals surface area contributed by atoms with Crippen LogP contribution in [-0.4, -0.2) is 16.6 Å². The molecule has 1 heterocycles. The average molecular weight is 346 g/mol. The van der Waals surface area contributed by atoms with Gasteiger partial charge in [-0.3, -0.25) is 4.79 Å². The molecule has 0 aliphatic rings. The zero-order valence-electron chi connectivity index (χ0n) is 12.5. The van der Waals surface area contributed by atoms with Crippen molar-refractivity contribution < 1.29 is 9.18 Å². The first-order valence-corrected chi connectivity index (χ1v) is 9.07. The molecule has 0 saturated heterocycles. The molecule has 118 valence electrons. The highest BCUT2D eigenvalue weighted by molar-refractivity contribution is 7.99. The second kappa shape index (κ2) is 7.10. The van der Waals surface area contributed by atoms with E-state index in [0.717, 1.165) is 20.8 Å². The number of nitrogens with one attached hydrogen (secondary N) is 1. The quantitative estimate of drug-likeness (QED) is 0.733. The van der Waals surface area contributed by atoms with Crippen molar-refractivity contribution in [2.45, 2.75) is 12.7 Å². The largest absolute Gasteiger partial charge is 0.325 e. The van der Waals surface area contributed by atoms with Crippen molar-refractivity contribution in [3.63, 3.8) is 0 Å². The minimum atomic E-state index is -0.354. The fourth-order valence-electron chi connectivity index (χ4n) is 2.13. The first kappa shape index (κ1) is 16.0. The predicted octanol–water partition coefficient (Wildman–Crippen LogP) is 4.62. The molecular weight excluding hydrogens is 331 g/mol. The number of thiazole rings is 1. The van der Waals surface area contributed by atoms with Crippen LogP contribution in [0.4, 0.5) is 10.1 Å². The van der Waals surface area contributed by atoms with Gasteiger partial charge < -0.3 is 5.32 Å². The summed E-state index contributed by atoms with van der Waals surface area (Å²) in [6.07, 6.45) is 0. The van der Waals surface area contributed by atoms with Crippen LogP contribution in [0.2, 0.25) is 0 Å². The predicted molar refractivity (Wildman–Crippen MR) is 95.5 cm³/mol. The van der Waals surface area contributed by atoms with Gasteiger partial charge in [-0.25, -0.2) is 9.37 Å². The maximum atomic E-state index is 13.2. The number of para-hydroxylation sites is 1. The molecule has 1 N–H and O–H groups in total. The number of thioether (sulfide) groups is 1. The molecule has 0 aliphatic carbocycles. The van der Waals surface area contributed by atoms with E-state index in [1.165, 1.54) is 23.9 Å². The first-order chi connectivity index (χ1) is 11.1. The Bertz CT molecular complexity index is 814. The van der Waals surface area contributed by atoms with Crippen molar-refractivity contribution in [2.24, 2.45) is 0 Å². The summed E-state index contributed by atoms with van der Waals surface area (Å²) in [5, 5.41) is 3.75. The average Bonchev–Trinajstić information content (AvgIpc) is 2.93. The third kappa shape index (κ3) is 4.09. The standard InChI is InChI=1S/C17H15FN2OS2/c1-11-6-7-12(18)8-14(11)19-16(21)9-22-10-17-20-13-4-2-3-5-15(13)23-17/h2-8H,9-10H2,1H3,(H,19,21). The second-order valence-electron chi connectivity index (χ2n) is 5.08. The highest BCUT2D eigenvalue weighted by Gasteiger charge is 2.08. The number of carbonyl (C=O) groups is 1. The Labute approximate surface area is 141 Å². The highest BCUT2D eigenvalue weighted by atomic mass is 32.2. The molecular formula is C17H15FN2OS2. The molecule has 3 nitrogen and oxygen atoms in total. The van der Waals surface area contributed by atoms with Crippen LogP contribution in [0.5, 0.6) is 0 Å². The van der Waals surface area contributed by atoms with Gasteiger partial charge in [-0.05, 0) is 36.8 Å². The number of aromatic nitrogens is 1. The number of hydrogen-bond acceptors (Lipinski definition) is 4. The Balaban J connectivity index is 1.53. The number of fused-ring (bicyclic) bond motifs is 1. The monoisotopic (exact) mass is 346 g/mol. The van der Waals surface area contributed by atoms with Crippen molar-refractivity contribution in [3.05, 3.63) is 58.9 Å². The molecule has 0 spiro atoms. The van der Waals surface area contributed by atoms with Crippen molar-refractivity contribution in [3.8, 4) is 0 Å². The molecule has 0 unspecified atom stereocenters. The number of amides is 1. The summed E-state index contributed by atoms with van der Waals surface area (Å²) >= 11 is 3.15. The van der Waals surface area contributed by atoms with E-state index in [2.05, 4.69) is 10.3 Å². The van der Waals surface area contributed by atoms with Crippen LogP contribution in [-0.2, 0) is 10.5 Å². The van der Waals surface area contributed by atoms with E-state index in [0.29, 0.717) is 17.2 Å². The number of anilines is 1. The van der Waals surface area contributed by atoms with E-state index in [9.17, 15) is 9.18 Å². The summed E-state index contributed by atoms with van der Waals surface area (Å²) in [7, 11) is 0. The van der Waals surface area contributed by atoms with Crippen LogP contribution in [0.1, 0.15) is 10.6 Å². The van der Waals surface area contributed by atoms with Crippen molar-refractivity contribution in [1.82, 2.24) is 4.98 Å². The van der Waals surface area contributed by atoms with Gasteiger partial charge in [-0.15, -0.1) is 23.1 Å². The number of hydrogen-bond donors (Lipinski definition) is 1. The molecule has 23 heavy (non-hydrogen) atoms. The van der Waals surface area contributed by atoms with E-state index in [4.69, 9.17) is 0 Å². The summed E-state index contributed by atoms with van der Waals surface area (Å²) < 4.78 is 14.4. The lowest BCUT2D eigenvalue weighted by atomic mass is 10.2. The minimum absolute atomic E-state index is 0.134. The van der Waals surface area contributed by atoms with Crippen LogP contribution in [0.25, 0.3) is 10.2 Å². The van der Waals surface area contributed by atoms with Crippen molar-refractivity contribution >= 4 is 44.9 Å². The number of benzene rings is 2. The van der Waals surface area contributed by atoms with Gasteiger partial charge >= 0.3 is 0 Å². The molecule has 0 saturated carbocycles. The van der Waals surface area contributed by atoms with Crippen LogP contribution in [0, 0.1) is 12.7 Å². The van der Waals surface area contributed by atoms with E-state index in [1.807, 2.05) is 31.2 Å². The minimum Gasteiger partial charge on any atom is -0.325 e. The second-order valence-corrected chi connectivity index (χ2v) is 7.18. The van der Waals surface area contributed by atoms with Gasteiger partial charge in [0, 0.05) is 11.4 Å². The van der Waals surface area contributed by atoms with Gasteiger partial charge in [0.1, 0.15) is 10.8 Å². The molecule has 1 aromatic heterocycles. The van der Waals surface area contributed by atoms with Crippen LogP contribution in [0.15, 0.2) is 42.5 Å². The molecule has 0 radical (unpaired) electrons. The summed E-state index contributed by atoms with van der Waals surface area (Å²) in [6.45, 7) is 1.84. The van der Waals surface area contributed by atoms with Gasteiger partial charge in [0.2, 0.25) is 5.91 Å². The smallest absolute Gasteiger partial charge is 0.234 e. The van der Waals surface area contributed by atoms with E-state index in [-0.39, 0.29) is 11.7 Å². The number of carbonyl (C=O) groups excluding carboxylic acids is 1. The van der Waals surface area contributed by atoms with Crippen LogP contribution >= 0.6 is 23.1 Å². The summed E-state index contributed by atoms with van der Waals surface area (Å²) in [5.74, 6) is 0.513. The molecule has 3 aromatic rings. The lowest BCUT2D eigenvalue weighted by Gasteiger charge is -2.08. The van der Waals surface area contributed by atoms with Crippen molar-refractivity contribution in [1.29, 1.82) is 0 Å². The lowest BCUT2D eigenvalue weighted by Crippen LogP contribution is -2.15. The molecule has 6 heteroatoms. The molecule has 3 rings (SSSR count). The molecule has 2 aromatic carbocycles. The Morgan fingerprint density at radius 2 is 2.13 bits per heavy atom. The third-order valence-corrected chi connectivity index (χ3v) is 5.43. The molecule has 0 bridgehead atoms. The number of halogens is 1. The fraction of sp³-hybridized carbons (Fsp3) is 0.176. The van der Waals surface area contributed by atoms with E-state index in [1.54, 1.807) is 17.4 Å². The van der Waals surface area contributed by atoms with Crippen molar-refractivity contribution in [2.75, 3.05) is 11.1 Å². The van der Waals surface area contributed by atoms with Crippen LogP contribution < -0.4 is 5.32 Å². The van der Waals surface area contributed by atoms with Crippen LogP contribution in [0.3, 0.4) is 0 Å². The molecule has 0 atom stereocenters. The Hall–Kier alpha value is -1.92. The first-order valence-electron chi connectivity index (χ1n) is 7.10. The van der Waals surface area contributed by atoms with Gasteiger partial charge in [0.05, 0.1) is 16.0 Å². The van der Waals surface area contributed by atoms with Gasteiger partial charge in [-0.1, -0.05) is 18.2 Å². The SMILES string of the molecule is Cc1ccc(F)cc1NC(=O)CSCc1nc2ccccc2s1. The zero-order chi connectivity index (χ0) is 16.2. The fourth-order valence-corrected chi connectivity index (χ4v) is 3.98. The number of rotatable bonds is 5. The Morgan fingerprint density at radius 3 is 2.96 bits per heavy atom. The van der Waals surface area contributed by atoms with Gasteiger partial charge in [-0.2, -0.15) is 0 Å². The molecule has 0 fully saturated rings. The van der Waals surface area contributed by atoms with E-state index >= 15 is 0 Å². The Morgan fingerprint density at radius 1 is 1.30 bits per heavy atom. The maximum absolute atomic E-state index is 13.2. The topological polar surface area (TPSA) is 42.0 Å². The normalized spacial score (nSPS) is 10.9. The van der Waals surface area contributed by atoms with E-state index < -0.39 is 0 Å². The molecule has 1 amide bonds. The van der Waals surface area contributed by atoms with Gasteiger partial charge in [0.25, 0.3) is 0 Å². The van der Waals surface area contributed by atoms with Gasteiger partial charge in [0.15, 0.2) is 0 Å². The maximum Gasteiger partial charge on any atom is 0.234 e. The summed E-state index contributed by atoms with van der Waals surface area (Å²) in [6, 6.07) is 12.4. The lowest BCUT2D eigenvalue weighted by molar-refractivity contribution is -0.113. The summed E-state index contributed by atoms with van der Waals surface area (Å²) in [4.78, 5) is 16.5. The Kier molecular flexibility index (Phi) is 4.93. The summed E-state index contributed by atoms with van der Waals surface area (Å²) in [5.41, 5.74) is 2.36. The zero-order valence-corrected chi connectivity index (χ0v) is 14.1. The third-order valence-electron chi connectivity index (χ3n) is 3.27. The highest BCUT2D eigenvalue weighted by Crippen LogP contribution is 2.25. The number of aryl methyl sites for hydroxylation is 1.